The second-order valence-electron chi connectivity index (χ2n) is 5.79. The minimum absolute atomic E-state index is 0.236. The fourth-order valence-corrected chi connectivity index (χ4v) is 3.43. The standard InChI is InChI=1S/C16H19NO2/c1-10(17-13-9-12-6-7-15(13)18-12)16-8-11-4-2-3-5-14(11)19-16/h2-5,8,10,12-13,15,17H,6-7,9H2,1H3. The predicted octanol–water partition coefficient (Wildman–Crippen LogP) is 3.40. The van der Waals surface area contributed by atoms with Crippen LogP contribution < -0.4 is 5.32 Å². The second kappa shape index (κ2) is 4.36. The molecule has 4 atom stereocenters. The average Bonchev–Trinajstić information content (AvgIpc) is 3.12. The first kappa shape index (κ1) is 11.5. The summed E-state index contributed by atoms with van der Waals surface area (Å²) in [5, 5.41) is 4.84. The number of rotatable bonds is 3. The molecular weight excluding hydrogens is 238 g/mol. The molecule has 1 N–H and O–H groups in total. The van der Waals surface area contributed by atoms with Crippen molar-refractivity contribution in [2.75, 3.05) is 0 Å². The normalized spacial score (nSPS) is 31.1. The van der Waals surface area contributed by atoms with Gasteiger partial charge in [-0.25, -0.2) is 0 Å². The number of hydrogen-bond donors (Lipinski definition) is 1. The first-order chi connectivity index (χ1) is 9.29. The molecule has 2 aliphatic rings. The summed E-state index contributed by atoms with van der Waals surface area (Å²) in [4.78, 5) is 0. The van der Waals surface area contributed by atoms with Crippen LogP contribution in [0.5, 0.6) is 0 Å². The molecule has 4 rings (SSSR count). The van der Waals surface area contributed by atoms with Gasteiger partial charge in [-0.2, -0.15) is 0 Å². The van der Waals surface area contributed by atoms with Crippen LogP contribution in [0.3, 0.4) is 0 Å². The molecule has 2 saturated heterocycles. The molecule has 3 heterocycles. The van der Waals surface area contributed by atoms with Gasteiger partial charge in [-0.1, -0.05) is 18.2 Å². The number of ether oxygens (including phenoxy) is 1. The summed E-state index contributed by atoms with van der Waals surface area (Å²) in [7, 11) is 0. The van der Waals surface area contributed by atoms with Gasteiger partial charge >= 0.3 is 0 Å². The molecule has 19 heavy (non-hydrogen) atoms. The molecule has 2 aromatic rings. The number of hydrogen-bond acceptors (Lipinski definition) is 3. The zero-order chi connectivity index (χ0) is 12.8. The van der Waals surface area contributed by atoms with Crippen LogP contribution in [0.15, 0.2) is 34.7 Å². The quantitative estimate of drug-likeness (QED) is 0.915. The first-order valence-electron chi connectivity index (χ1n) is 7.19. The lowest BCUT2D eigenvalue weighted by Crippen LogP contribution is -2.38. The van der Waals surface area contributed by atoms with Gasteiger partial charge in [-0.05, 0) is 38.3 Å². The van der Waals surface area contributed by atoms with Crippen LogP contribution in [0, 0.1) is 0 Å². The Morgan fingerprint density at radius 2 is 2.16 bits per heavy atom. The van der Waals surface area contributed by atoms with Crippen molar-refractivity contribution in [2.45, 2.75) is 50.5 Å². The zero-order valence-electron chi connectivity index (χ0n) is 11.1. The van der Waals surface area contributed by atoms with Gasteiger partial charge < -0.3 is 14.5 Å². The maximum atomic E-state index is 5.92. The van der Waals surface area contributed by atoms with Crippen LogP contribution in [-0.4, -0.2) is 18.2 Å². The van der Waals surface area contributed by atoms with Crippen molar-refractivity contribution in [3.63, 3.8) is 0 Å². The van der Waals surface area contributed by atoms with Gasteiger partial charge in [-0.15, -0.1) is 0 Å². The smallest absolute Gasteiger partial charge is 0.134 e. The van der Waals surface area contributed by atoms with Gasteiger partial charge in [0.1, 0.15) is 11.3 Å². The molecule has 1 aromatic carbocycles. The van der Waals surface area contributed by atoms with Gasteiger partial charge in [0.2, 0.25) is 0 Å². The zero-order valence-corrected chi connectivity index (χ0v) is 11.1. The fraction of sp³-hybridized carbons (Fsp3) is 0.500. The molecule has 0 aliphatic carbocycles. The van der Waals surface area contributed by atoms with Gasteiger partial charge in [-0.3, -0.25) is 0 Å². The average molecular weight is 257 g/mol. The second-order valence-corrected chi connectivity index (χ2v) is 5.79. The largest absolute Gasteiger partial charge is 0.459 e. The predicted molar refractivity (Wildman–Crippen MR) is 74.1 cm³/mol. The highest BCUT2D eigenvalue weighted by Crippen LogP contribution is 2.35. The molecule has 3 heteroatoms. The molecule has 2 fully saturated rings. The summed E-state index contributed by atoms with van der Waals surface area (Å²) >= 11 is 0. The minimum atomic E-state index is 0.236. The van der Waals surface area contributed by atoms with E-state index in [1.165, 1.54) is 18.2 Å². The highest BCUT2D eigenvalue weighted by molar-refractivity contribution is 5.77. The van der Waals surface area contributed by atoms with Gasteiger partial charge in [0, 0.05) is 11.4 Å². The van der Waals surface area contributed by atoms with E-state index in [0.29, 0.717) is 18.2 Å². The highest BCUT2D eigenvalue weighted by Gasteiger charge is 2.41. The first-order valence-corrected chi connectivity index (χ1v) is 7.19. The Bertz CT molecular complexity index is 558. The molecule has 0 amide bonds. The van der Waals surface area contributed by atoms with E-state index in [0.717, 1.165) is 17.8 Å². The third kappa shape index (κ3) is 1.97. The van der Waals surface area contributed by atoms with E-state index in [-0.39, 0.29) is 6.04 Å². The maximum absolute atomic E-state index is 5.92. The SMILES string of the molecule is CC(NC1CC2CCC1O2)c1cc2ccccc2o1. The summed E-state index contributed by atoms with van der Waals surface area (Å²) in [6.45, 7) is 2.17. The van der Waals surface area contributed by atoms with Gasteiger partial charge in [0.25, 0.3) is 0 Å². The highest BCUT2D eigenvalue weighted by atomic mass is 16.5. The van der Waals surface area contributed by atoms with E-state index in [9.17, 15) is 0 Å². The van der Waals surface area contributed by atoms with E-state index in [1.807, 2.05) is 18.2 Å². The van der Waals surface area contributed by atoms with Crippen molar-refractivity contribution >= 4 is 11.0 Å². The van der Waals surface area contributed by atoms with Gasteiger partial charge in [0.15, 0.2) is 0 Å². The van der Waals surface area contributed by atoms with Crippen molar-refractivity contribution in [2.24, 2.45) is 0 Å². The number of fused-ring (bicyclic) bond motifs is 3. The molecule has 2 bridgehead atoms. The Hall–Kier alpha value is -1.32. The summed E-state index contributed by atoms with van der Waals surface area (Å²) in [5.41, 5.74) is 0.968. The lowest BCUT2D eigenvalue weighted by atomic mass is 9.95. The Kier molecular flexibility index (Phi) is 2.64. The number of furan rings is 1. The van der Waals surface area contributed by atoms with Crippen LogP contribution in [0.4, 0.5) is 0 Å². The monoisotopic (exact) mass is 257 g/mol. The van der Waals surface area contributed by atoms with E-state index in [1.54, 1.807) is 0 Å². The summed E-state index contributed by atoms with van der Waals surface area (Å²) in [6, 6.07) is 11.0. The van der Waals surface area contributed by atoms with E-state index < -0.39 is 0 Å². The Morgan fingerprint density at radius 1 is 1.26 bits per heavy atom. The van der Waals surface area contributed by atoms with Crippen LogP contribution in [0.2, 0.25) is 0 Å². The van der Waals surface area contributed by atoms with E-state index in [4.69, 9.17) is 9.15 Å². The van der Waals surface area contributed by atoms with Crippen molar-refractivity contribution < 1.29 is 9.15 Å². The molecule has 4 unspecified atom stereocenters. The Morgan fingerprint density at radius 3 is 2.89 bits per heavy atom. The third-order valence-electron chi connectivity index (χ3n) is 4.44. The molecule has 3 nitrogen and oxygen atoms in total. The maximum Gasteiger partial charge on any atom is 0.134 e. The minimum Gasteiger partial charge on any atom is -0.459 e. The Balaban J connectivity index is 1.52. The number of nitrogens with one attached hydrogen (secondary N) is 1. The number of para-hydroxylation sites is 1. The summed E-state index contributed by atoms with van der Waals surface area (Å²) < 4.78 is 11.8. The molecule has 100 valence electrons. The summed E-state index contributed by atoms with van der Waals surface area (Å²) in [5.74, 6) is 1.02. The van der Waals surface area contributed by atoms with Crippen LogP contribution in [0.25, 0.3) is 11.0 Å². The molecule has 0 saturated carbocycles. The third-order valence-corrected chi connectivity index (χ3v) is 4.44. The van der Waals surface area contributed by atoms with E-state index in [2.05, 4.69) is 24.4 Å². The lowest BCUT2D eigenvalue weighted by molar-refractivity contribution is 0.0959. The fourth-order valence-electron chi connectivity index (χ4n) is 3.43. The Labute approximate surface area is 112 Å². The number of benzene rings is 1. The van der Waals surface area contributed by atoms with E-state index >= 15 is 0 Å². The van der Waals surface area contributed by atoms with Crippen LogP contribution >= 0.6 is 0 Å². The van der Waals surface area contributed by atoms with Crippen molar-refractivity contribution in [3.8, 4) is 0 Å². The van der Waals surface area contributed by atoms with Crippen molar-refractivity contribution in [1.82, 2.24) is 5.32 Å². The molecule has 1 aromatic heterocycles. The molecule has 0 spiro atoms. The lowest BCUT2D eigenvalue weighted by Gasteiger charge is -2.23. The van der Waals surface area contributed by atoms with Crippen molar-refractivity contribution in [1.29, 1.82) is 0 Å². The van der Waals surface area contributed by atoms with Crippen LogP contribution in [-0.2, 0) is 4.74 Å². The van der Waals surface area contributed by atoms with Crippen molar-refractivity contribution in [3.05, 3.63) is 36.1 Å². The molecular formula is C16H19NO2. The topological polar surface area (TPSA) is 34.4 Å². The summed E-state index contributed by atoms with van der Waals surface area (Å²) in [6.07, 6.45) is 4.49. The van der Waals surface area contributed by atoms with Gasteiger partial charge in [0.05, 0.1) is 18.2 Å². The molecule has 2 aliphatic heterocycles. The molecule has 0 radical (unpaired) electrons. The van der Waals surface area contributed by atoms with Crippen LogP contribution in [0.1, 0.15) is 38.0 Å².